The standard InChI is InChI=1S/C23H27N3O3/c1-4-14-23(19-8-6-5-7-9-19)21(28)26(22(29)24-23)16-20(27)25(3)15-18-12-10-17(2)11-13-18/h5-13H,4,14-16H2,1-3H3,(H,24,29). The van der Waals surface area contributed by atoms with Crippen molar-refractivity contribution in [2.75, 3.05) is 13.6 Å². The van der Waals surface area contributed by atoms with Crippen LogP contribution in [0, 0.1) is 6.92 Å². The Morgan fingerprint density at radius 3 is 2.34 bits per heavy atom. The van der Waals surface area contributed by atoms with E-state index in [0.29, 0.717) is 13.0 Å². The van der Waals surface area contributed by atoms with Gasteiger partial charge in [0, 0.05) is 13.6 Å². The van der Waals surface area contributed by atoms with Crippen LogP contribution in [0.15, 0.2) is 54.6 Å². The molecule has 1 N–H and O–H groups in total. The molecule has 1 aliphatic heterocycles. The van der Waals surface area contributed by atoms with Gasteiger partial charge in [-0.05, 0) is 24.5 Å². The van der Waals surface area contributed by atoms with Crippen molar-refractivity contribution in [1.29, 1.82) is 0 Å². The number of amides is 4. The van der Waals surface area contributed by atoms with Gasteiger partial charge in [0.1, 0.15) is 12.1 Å². The summed E-state index contributed by atoms with van der Waals surface area (Å²) in [6.07, 6.45) is 1.20. The maximum absolute atomic E-state index is 13.3. The van der Waals surface area contributed by atoms with Crippen LogP contribution in [-0.4, -0.2) is 41.2 Å². The van der Waals surface area contributed by atoms with Gasteiger partial charge in [-0.3, -0.25) is 14.5 Å². The normalized spacial score (nSPS) is 18.7. The number of hydrogen-bond acceptors (Lipinski definition) is 3. The Hall–Kier alpha value is -3.15. The smallest absolute Gasteiger partial charge is 0.325 e. The topological polar surface area (TPSA) is 69.7 Å². The molecule has 2 aromatic carbocycles. The molecule has 152 valence electrons. The average molecular weight is 393 g/mol. The van der Waals surface area contributed by atoms with Gasteiger partial charge in [0.15, 0.2) is 0 Å². The summed E-state index contributed by atoms with van der Waals surface area (Å²) in [5.41, 5.74) is 1.77. The van der Waals surface area contributed by atoms with Gasteiger partial charge in [-0.1, -0.05) is 73.5 Å². The number of nitrogens with zero attached hydrogens (tertiary/aromatic N) is 2. The lowest BCUT2D eigenvalue weighted by atomic mass is 9.85. The lowest BCUT2D eigenvalue weighted by molar-refractivity contribution is -0.139. The summed E-state index contributed by atoms with van der Waals surface area (Å²) in [5, 5.41) is 2.85. The first kappa shape index (κ1) is 20.6. The Bertz CT molecular complexity index is 895. The summed E-state index contributed by atoms with van der Waals surface area (Å²) in [7, 11) is 1.68. The third-order valence-corrected chi connectivity index (χ3v) is 5.33. The zero-order chi connectivity index (χ0) is 21.0. The molecule has 1 heterocycles. The number of imide groups is 1. The first-order valence-electron chi connectivity index (χ1n) is 9.86. The lowest BCUT2D eigenvalue weighted by Gasteiger charge is -2.27. The summed E-state index contributed by atoms with van der Waals surface area (Å²) >= 11 is 0. The highest BCUT2D eigenvalue weighted by Gasteiger charge is 2.52. The maximum atomic E-state index is 13.3. The van der Waals surface area contributed by atoms with Gasteiger partial charge >= 0.3 is 6.03 Å². The minimum atomic E-state index is -1.11. The Balaban J connectivity index is 1.75. The lowest BCUT2D eigenvalue weighted by Crippen LogP contribution is -2.45. The van der Waals surface area contributed by atoms with Crippen LogP contribution in [0.1, 0.15) is 36.5 Å². The maximum Gasteiger partial charge on any atom is 0.325 e. The van der Waals surface area contributed by atoms with Crippen molar-refractivity contribution in [2.24, 2.45) is 0 Å². The Morgan fingerprint density at radius 2 is 1.72 bits per heavy atom. The van der Waals surface area contributed by atoms with Crippen LogP contribution in [0.5, 0.6) is 0 Å². The van der Waals surface area contributed by atoms with Crippen LogP contribution < -0.4 is 5.32 Å². The molecule has 1 saturated heterocycles. The molecule has 0 saturated carbocycles. The fourth-order valence-corrected chi connectivity index (χ4v) is 3.69. The van der Waals surface area contributed by atoms with E-state index in [4.69, 9.17) is 0 Å². The van der Waals surface area contributed by atoms with E-state index < -0.39 is 11.6 Å². The zero-order valence-corrected chi connectivity index (χ0v) is 17.1. The van der Waals surface area contributed by atoms with E-state index in [-0.39, 0.29) is 18.4 Å². The summed E-state index contributed by atoms with van der Waals surface area (Å²) in [4.78, 5) is 41.2. The number of hydrogen-bond donors (Lipinski definition) is 1. The molecule has 29 heavy (non-hydrogen) atoms. The Labute approximate surface area is 171 Å². The molecular formula is C23H27N3O3. The van der Waals surface area contributed by atoms with Crippen molar-refractivity contribution in [2.45, 2.75) is 38.8 Å². The molecule has 1 fully saturated rings. The van der Waals surface area contributed by atoms with Gasteiger partial charge in [-0.15, -0.1) is 0 Å². The number of likely N-dealkylation sites (N-methyl/N-ethyl adjacent to an activating group) is 1. The molecule has 4 amide bonds. The first-order valence-corrected chi connectivity index (χ1v) is 9.86. The molecular weight excluding hydrogens is 366 g/mol. The molecule has 1 unspecified atom stereocenters. The fraction of sp³-hybridized carbons (Fsp3) is 0.348. The van der Waals surface area contributed by atoms with Gasteiger partial charge in [0.05, 0.1) is 0 Å². The molecule has 6 nitrogen and oxygen atoms in total. The van der Waals surface area contributed by atoms with Gasteiger partial charge < -0.3 is 10.2 Å². The van der Waals surface area contributed by atoms with Crippen LogP contribution in [-0.2, 0) is 21.7 Å². The van der Waals surface area contributed by atoms with Crippen molar-refractivity contribution < 1.29 is 14.4 Å². The summed E-state index contributed by atoms with van der Waals surface area (Å²) in [6, 6.07) is 16.6. The molecule has 3 rings (SSSR count). The molecule has 2 aromatic rings. The molecule has 6 heteroatoms. The molecule has 0 spiro atoms. The summed E-state index contributed by atoms with van der Waals surface area (Å²) < 4.78 is 0. The molecule has 0 aliphatic carbocycles. The highest BCUT2D eigenvalue weighted by atomic mass is 16.2. The SMILES string of the molecule is CCCC1(c2ccccc2)NC(=O)N(CC(=O)N(C)Cc2ccc(C)cc2)C1=O. The molecule has 0 bridgehead atoms. The summed E-state index contributed by atoms with van der Waals surface area (Å²) in [6.45, 7) is 4.12. The van der Waals surface area contributed by atoms with Crippen molar-refractivity contribution in [3.05, 3.63) is 71.3 Å². The number of rotatable bonds is 7. The van der Waals surface area contributed by atoms with E-state index in [1.54, 1.807) is 7.05 Å². The second-order valence-corrected chi connectivity index (χ2v) is 7.58. The Morgan fingerprint density at radius 1 is 1.07 bits per heavy atom. The van der Waals surface area contributed by atoms with Crippen LogP contribution in [0.25, 0.3) is 0 Å². The van der Waals surface area contributed by atoms with Gasteiger partial charge in [-0.2, -0.15) is 0 Å². The van der Waals surface area contributed by atoms with E-state index in [0.717, 1.165) is 28.0 Å². The minimum Gasteiger partial charge on any atom is -0.340 e. The van der Waals surface area contributed by atoms with Crippen LogP contribution in [0.2, 0.25) is 0 Å². The highest BCUT2D eigenvalue weighted by Crippen LogP contribution is 2.33. The molecule has 1 aliphatic rings. The third-order valence-electron chi connectivity index (χ3n) is 5.33. The monoisotopic (exact) mass is 393 g/mol. The predicted molar refractivity (Wildman–Crippen MR) is 111 cm³/mol. The molecule has 0 radical (unpaired) electrons. The predicted octanol–water partition coefficient (Wildman–Crippen LogP) is 3.20. The van der Waals surface area contributed by atoms with E-state index in [9.17, 15) is 14.4 Å². The quantitative estimate of drug-likeness (QED) is 0.735. The van der Waals surface area contributed by atoms with E-state index >= 15 is 0 Å². The second-order valence-electron chi connectivity index (χ2n) is 7.58. The number of nitrogens with one attached hydrogen (secondary N) is 1. The third kappa shape index (κ3) is 4.16. The molecule has 1 atom stereocenters. The number of carbonyl (C=O) groups is 3. The largest absolute Gasteiger partial charge is 0.340 e. The number of urea groups is 1. The van der Waals surface area contributed by atoms with Crippen molar-refractivity contribution in [1.82, 2.24) is 15.1 Å². The summed E-state index contributed by atoms with van der Waals surface area (Å²) in [5.74, 6) is -0.651. The number of carbonyl (C=O) groups excluding carboxylic acids is 3. The molecule has 0 aromatic heterocycles. The van der Waals surface area contributed by atoms with Crippen LogP contribution in [0.3, 0.4) is 0 Å². The zero-order valence-electron chi connectivity index (χ0n) is 17.1. The minimum absolute atomic E-state index is 0.272. The van der Waals surface area contributed by atoms with Crippen LogP contribution in [0.4, 0.5) is 4.79 Å². The van der Waals surface area contributed by atoms with E-state index in [2.05, 4.69) is 5.32 Å². The average Bonchev–Trinajstić information content (AvgIpc) is 2.95. The highest BCUT2D eigenvalue weighted by molar-refractivity contribution is 6.09. The first-order chi connectivity index (χ1) is 13.9. The van der Waals surface area contributed by atoms with Gasteiger partial charge in [0.2, 0.25) is 5.91 Å². The van der Waals surface area contributed by atoms with Gasteiger partial charge in [0.25, 0.3) is 5.91 Å². The van der Waals surface area contributed by atoms with Crippen molar-refractivity contribution in [3.8, 4) is 0 Å². The van der Waals surface area contributed by atoms with Crippen molar-refractivity contribution in [3.63, 3.8) is 0 Å². The van der Waals surface area contributed by atoms with E-state index in [1.807, 2.05) is 68.4 Å². The van der Waals surface area contributed by atoms with Crippen molar-refractivity contribution >= 4 is 17.8 Å². The van der Waals surface area contributed by atoms with Gasteiger partial charge in [-0.25, -0.2) is 4.79 Å². The Kier molecular flexibility index (Phi) is 6.01. The fourth-order valence-electron chi connectivity index (χ4n) is 3.69. The van der Waals surface area contributed by atoms with E-state index in [1.165, 1.54) is 4.90 Å². The number of aryl methyl sites for hydroxylation is 1. The second kappa shape index (κ2) is 8.47. The van der Waals surface area contributed by atoms with Crippen LogP contribution >= 0.6 is 0 Å². The number of benzene rings is 2.